The minimum atomic E-state index is -0.0858. The van der Waals surface area contributed by atoms with Crippen molar-refractivity contribution in [2.45, 2.75) is 12.8 Å². The van der Waals surface area contributed by atoms with E-state index >= 15 is 0 Å². The summed E-state index contributed by atoms with van der Waals surface area (Å²) in [6.07, 6.45) is 3.88. The van der Waals surface area contributed by atoms with Crippen LogP contribution in [-0.2, 0) is 0 Å². The Morgan fingerprint density at radius 1 is 1.19 bits per heavy atom. The Morgan fingerprint density at radius 3 is 2.71 bits per heavy atom. The highest BCUT2D eigenvalue weighted by atomic mass is 16.2. The lowest BCUT2D eigenvalue weighted by molar-refractivity contribution is 0.222. The number of urea groups is 1. The van der Waals surface area contributed by atoms with E-state index < -0.39 is 0 Å². The molecule has 0 atom stereocenters. The zero-order valence-corrected chi connectivity index (χ0v) is 11.7. The van der Waals surface area contributed by atoms with Crippen molar-refractivity contribution in [2.75, 3.05) is 24.1 Å². The fourth-order valence-electron chi connectivity index (χ4n) is 2.47. The second-order valence-corrected chi connectivity index (χ2v) is 5.14. The molecule has 1 aliphatic rings. The lowest BCUT2D eigenvalue weighted by Crippen LogP contribution is -2.32. The highest BCUT2D eigenvalue weighted by Gasteiger charge is 2.18. The second kappa shape index (κ2) is 5.83. The van der Waals surface area contributed by atoms with Gasteiger partial charge in [-0.05, 0) is 37.1 Å². The third-order valence-corrected chi connectivity index (χ3v) is 3.65. The smallest absolute Gasteiger partial charge is 0.321 e. The van der Waals surface area contributed by atoms with Gasteiger partial charge in [-0.2, -0.15) is 0 Å². The molecule has 0 radical (unpaired) electrons. The maximum Gasteiger partial charge on any atom is 0.321 e. The lowest BCUT2D eigenvalue weighted by Gasteiger charge is -2.17. The molecule has 2 heterocycles. The van der Waals surface area contributed by atoms with Crippen molar-refractivity contribution in [3.8, 4) is 11.3 Å². The predicted octanol–water partition coefficient (Wildman–Crippen LogP) is 2.96. The van der Waals surface area contributed by atoms with Gasteiger partial charge in [-0.25, -0.2) is 4.79 Å². The number of nitrogens with one attached hydrogen (secondary N) is 1. The maximum atomic E-state index is 12.2. The molecule has 2 amide bonds. The number of hydrogen-bond acceptors (Lipinski definition) is 3. The third-order valence-electron chi connectivity index (χ3n) is 3.65. The van der Waals surface area contributed by atoms with Crippen molar-refractivity contribution in [3.05, 3.63) is 42.6 Å². The Kier molecular flexibility index (Phi) is 3.73. The van der Waals surface area contributed by atoms with Crippen LogP contribution in [0.3, 0.4) is 0 Å². The first-order valence-corrected chi connectivity index (χ1v) is 7.11. The van der Waals surface area contributed by atoms with E-state index in [1.165, 1.54) is 0 Å². The molecule has 5 heteroatoms. The van der Waals surface area contributed by atoms with Gasteiger partial charge in [0.05, 0.1) is 17.1 Å². The average molecular weight is 282 g/mol. The first kappa shape index (κ1) is 13.4. The number of nitrogens with zero attached hydrogens (tertiary/aromatic N) is 2. The molecule has 108 valence electrons. The van der Waals surface area contributed by atoms with Gasteiger partial charge in [0.15, 0.2) is 0 Å². The van der Waals surface area contributed by atoms with Crippen molar-refractivity contribution in [1.29, 1.82) is 0 Å². The molecule has 3 rings (SSSR count). The topological polar surface area (TPSA) is 71.2 Å². The SMILES string of the molecule is Nc1ccc(-c2ccccn2)cc1NC(=O)N1CCCC1. The number of nitrogen functional groups attached to an aromatic ring is 1. The summed E-state index contributed by atoms with van der Waals surface area (Å²) in [7, 11) is 0. The summed E-state index contributed by atoms with van der Waals surface area (Å²) >= 11 is 0. The highest BCUT2D eigenvalue weighted by Crippen LogP contribution is 2.26. The van der Waals surface area contributed by atoms with Crippen LogP contribution in [0, 0.1) is 0 Å². The molecule has 2 aromatic rings. The molecule has 1 saturated heterocycles. The molecular formula is C16H18N4O. The summed E-state index contributed by atoms with van der Waals surface area (Å²) < 4.78 is 0. The standard InChI is InChI=1S/C16H18N4O/c17-13-7-6-12(14-5-1-2-8-18-14)11-15(13)19-16(21)20-9-3-4-10-20/h1-2,5-8,11H,3-4,9-10,17H2,(H,19,21). The fraction of sp³-hybridized carbons (Fsp3) is 0.250. The van der Waals surface area contributed by atoms with Crippen LogP contribution < -0.4 is 11.1 Å². The van der Waals surface area contributed by atoms with E-state index in [4.69, 9.17) is 5.73 Å². The van der Waals surface area contributed by atoms with E-state index in [0.29, 0.717) is 11.4 Å². The van der Waals surface area contributed by atoms with Gasteiger partial charge in [0.2, 0.25) is 0 Å². The quantitative estimate of drug-likeness (QED) is 0.832. The van der Waals surface area contributed by atoms with Gasteiger partial charge in [0, 0.05) is 24.8 Å². The van der Waals surface area contributed by atoms with Crippen molar-refractivity contribution in [1.82, 2.24) is 9.88 Å². The third kappa shape index (κ3) is 2.97. The van der Waals surface area contributed by atoms with Crippen LogP contribution in [0.4, 0.5) is 16.2 Å². The van der Waals surface area contributed by atoms with Crippen LogP contribution in [0.25, 0.3) is 11.3 Å². The van der Waals surface area contributed by atoms with E-state index in [9.17, 15) is 4.79 Å². The molecule has 1 aromatic heterocycles. The van der Waals surface area contributed by atoms with Gasteiger partial charge >= 0.3 is 6.03 Å². The summed E-state index contributed by atoms with van der Waals surface area (Å²) in [4.78, 5) is 18.3. The Labute approximate surface area is 123 Å². The molecular weight excluding hydrogens is 264 g/mol. The van der Waals surface area contributed by atoms with E-state index in [0.717, 1.165) is 37.2 Å². The summed E-state index contributed by atoms with van der Waals surface area (Å²) in [6, 6.07) is 11.2. The van der Waals surface area contributed by atoms with E-state index in [1.54, 1.807) is 12.3 Å². The Balaban J connectivity index is 1.83. The number of pyridine rings is 1. The summed E-state index contributed by atoms with van der Waals surface area (Å²) in [5.41, 5.74) is 8.94. The van der Waals surface area contributed by atoms with Gasteiger partial charge in [-0.3, -0.25) is 4.98 Å². The van der Waals surface area contributed by atoms with Crippen LogP contribution in [0.1, 0.15) is 12.8 Å². The largest absolute Gasteiger partial charge is 0.397 e. The van der Waals surface area contributed by atoms with Gasteiger partial charge < -0.3 is 16.0 Å². The van der Waals surface area contributed by atoms with Crippen molar-refractivity contribution < 1.29 is 4.79 Å². The summed E-state index contributed by atoms with van der Waals surface area (Å²) in [6.45, 7) is 1.62. The van der Waals surface area contributed by atoms with Crippen LogP contribution in [0.2, 0.25) is 0 Å². The molecule has 21 heavy (non-hydrogen) atoms. The molecule has 1 fully saturated rings. The molecule has 1 aliphatic heterocycles. The Bertz CT molecular complexity index is 636. The van der Waals surface area contributed by atoms with Gasteiger partial charge in [0.1, 0.15) is 0 Å². The molecule has 0 spiro atoms. The Morgan fingerprint density at radius 2 is 2.00 bits per heavy atom. The highest BCUT2D eigenvalue weighted by molar-refractivity contribution is 5.93. The zero-order valence-electron chi connectivity index (χ0n) is 11.7. The summed E-state index contributed by atoms with van der Waals surface area (Å²) in [5.74, 6) is 0. The van der Waals surface area contributed by atoms with Crippen LogP contribution in [0.5, 0.6) is 0 Å². The van der Waals surface area contributed by atoms with E-state index in [2.05, 4.69) is 10.3 Å². The maximum absolute atomic E-state index is 12.2. The molecule has 5 nitrogen and oxygen atoms in total. The number of amides is 2. The number of rotatable bonds is 2. The van der Waals surface area contributed by atoms with Gasteiger partial charge in [0.25, 0.3) is 0 Å². The normalized spacial score (nSPS) is 14.2. The first-order valence-electron chi connectivity index (χ1n) is 7.11. The van der Waals surface area contributed by atoms with Crippen LogP contribution in [0.15, 0.2) is 42.6 Å². The van der Waals surface area contributed by atoms with Crippen LogP contribution in [-0.4, -0.2) is 29.0 Å². The fourth-order valence-corrected chi connectivity index (χ4v) is 2.47. The zero-order chi connectivity index (χ0) is 14.7. The number of hydrogen-bond donors (Lipinski definition) is 2. The Hall–Kier alpha value is -2.56. The number of likely N-dealkylation sites (tertiary alicyclic amines) is 1. The number of carbonyl (C=O) groups excluding carboxylic acids is 1. The number of carbonyl (C=O) groups is 1. The number of nitrogens with two attached hydrogens (primary N) is 1. The number of anilines is 2. The minimum Gasteiger partial charge on any atom is -0.397 e. The monoisotopic (exact) mass is 282 g/mol. The lowest BCUT2D eigenvalue weighted by atomic mass is 10.1. The number of aromatic nitrogens is 1. The molecule has 1 aromatic carbocycles. The predicted molar refractivity (Wildman–Crippen MR) is 83.9 cm³/mol. The van der Waals surface area contributed by atoms with Crippen molar-refractivity contribution >= 4 is 17.4 Å². The molecule has 0 saturated carbocycles. The average Bonchev–Trinajstić information content (AvgIpc) is 3.05. The van der Waals surface area contributed by atoms with Gasteiger partial charge in [-0.1, -0.05) is 12.1 Å². The molecule has 0 unspecified atom stereocenters. The molecule has 0 aliphatic carbocycles. The van der Waals surface area contributed by atoms with Crippen LogP contribution >= 0.6 is 0 Å². The first-order chi connectivity index (χ1) is 10.2. The number of benzene rings is 1. The van der Waals surface area contributed by atoms with Gasteiger partial charge in [-0.15, -0.1) is 0 Å². The van der Waals surface area contributed by atoms with E-state index in [1.807, 2.05) is 35.2 Å². The molecule has 0 bridgehead atoms. The molecule has 3 N–H and O–H groups in total. The minimum absolute atomic E-state index is 0.0858. The van der Waals surface area contributed by atoms with E-state index in [-0.39, 0.29) is 6.03 Å². The van der Waals surface area contributed by atoms with Crippen molar-refractivity contribution in [2.24, 2.45) is 0 Å². The summed E-state index contributed by atoms with van der Waals surface area (Å²) in [5, 5.41) is 2.90. The van der Waals surface area contributed by atoms with Crippen molar-refractivity contribution in [3.63, 3.8) is 0 Å². The second-order valence-electron chi connectivity index (χ2n) is 5.14.